The van der Waals surface area contributed by atoms with Crippen LogP contribution in [-0.2, 0) is 9.59 Å². The van der Waals surface area contributed by atoms with E-state index in [9.17, 15) is 14.4 Å². The molecule has 0 atom stereocenters. The molecule has 2 fully saturated rings. The molecule has 1 heterocycles. The third-order valence-electron chi connectivity index (χ3n) is 5.94. The summed E-state index contributed by atoms with van der Waals surface area (Å²) in [7, 11) is 1.56. The standard InChI is InChI=1S/C22H31N3O4/c1-17(26)23-22(11-6-3-7-12-22)21(28)25-14-8-13-24(15-16-25)20(27)18-9-4-5-10-19(18)29-2/h4-5,9-10H,3,6-8,11-16H2,1-2H3,(H,23,26). The number of para-hydroxylation sites is 1. The second-order valence-corrected chi connectivity index (χ2v) is 7.96. The summed E-state index contributed by atoms with van der Waals surface area (Å²) >= 11 is 0. The third-order valence-corrected chi connectivity index (χ3v) is 5.94. The number of methoxy groups -OCH3 is 1. The lowest BCUT2D eigenvalue weighted by atomic mass is 9.80. The zero-order valence-electron chi connectivity index (χ0n) is 17.4. The highest BCUT2D eigenvalue weighted by atomic mass is 16.5. The van der Waals surface area contributed by atoms with Gasteiger partial charge >= 0.3 is 0 Å². The number of carbonyl (C=O) groups is 3. The van der Waals surface area contributed by atoms with E-state index in [0.29, 0.717) is 56.8 Å². The van der Waals surface area contributed by atoms with Crippen LogP contribution >= 0.6 is 0 Å². The Morgan fingerprint density at radius 2 is 1.59 bits per heavy atom. The van der Waals surface area contributed by atoms with Crippen LogP contribution in [0.2, 0.25) is 0 Å². The molecule has 0 unspecified atom stereocenters. The van der Waals surface area contributed by atoms with Crippen molar-refractivity contribution in [3.8, 4) is 5.75 Å². The highest BCUT2D eigenvalue weighted by Crippen LogP contribution is 2.30. The van der Waals surface area contributed by atoms with E-state index in [-0.39, 0.29) is 17.7 Å². The van der Waals surface area contributed by atoms with Crippen molar-refractivity contribution in [2.75, 3.05) is 33.3 Å². The van der Waals surface area contributed by atoms with Crippen LogP contribution in [0, 0.1) is 0 Å². The van der Waals surface area contributed by atoms with Gasteiger partial charge in [-0.1, -0.05) is 31.4 Å². The molecule has 0 spiro atoms. The van der Waals surface area contributed by atoms with Crippen molar-refractivity contribution in [1.29, 1.82) is 0 Å². The zero-order valence-corrected chi connectivity index (χ0v) is 17.4. The fourth-order valence-corrected chi connectivity index (χ4v) is 4.50. The summed E-state index contributed by atoms with van der Waals surface area (Å²) in [6.07, 6.45) is 5.06. The van der Waals surface area contributed by atoms with Gasteiger partial charge in [0, 0.05) is 33.1 Å². The van der Waals surface area contributed by atoms with E-state index in [1.165, 1.54) is 6.92 Å². The molecule has 158 valence electrons. The molecule has 1 aliphatic carbocycles. The SMILES string of the molecule is COc1ccccc1C(=O)N1CCCN(C(=O)C2(NC(C)=O)CCCCC2)CC1. The molecule has 0 bridgehead atoms. The van der Waals surface area contributed by atoms with Gasteiger partial charge in [0.15, 0.2) is 0 Å². The van der Waals surface area contributed by atoms with Gasteiger partial charge < -0.3 is 19.9 Å². The molecule has 29 heavy (non-hydrogen) atoms. The van der Waals surface area contributed by atoms with Crippen molar-refractivity contribution in [1.82, 2.24) is 15.1 Å². The second-order valence-electron chi connectivity index (χ2n) is 7.96. The lowest BCUT2D eigenvalue weighted by Gasteiger charge is -2.40. The van der Waals surface area contributed by atoms with E-state index in [2.05, 4.69) is 5.32 Å². The fourth-order valence-electron chi connectivity index (χ4n) is 4.50. The number of amides is 3. The van der Waals surface area contributed by atoms with Crippen molar-refractivity contribution < 1.29 is 19.1 Å². The average molecular weight is 402 g/mol. The first kappa shape index (κ1) is 21.1. The van der Waals surface area contributed by atoms with Gasteiger partial charge in [0.05, 0.1) is 12.7 Å². The Hall–Kier alpha value is -2.57. The van der Waals surface area contributed by atoms with Crippen LogP contribution in [0.25, 0.3) is 0 Å². The number of nitrogens with one attached hydrogen (secondary N) is 1. The minimum atomic E-state index is -0.786. The van der Waals surface area contributed by atoms with Crippen molar-refractivity contribution in [3.63, 3.8) is 0 Å². The Kier molecular flexibility index (Phi) is 6.77. The lowest BCUT2D eigenvalue weighted by molar-refractivity contribution is -0.143. The summed E-state index contributed by atoms with van der Waals surface area (Å²) < 4.78 is 5.33. The summed E-state index contributed by atoms with van der Waals surface area (Å²) in [6, 6.07) is 7.21. The Labute approximate surface area is 172 Å². The van der Waals surface area contributed by atoms with Gasteiger partial charge in [0.2, 0.25) is 11.8 Å². The molecular weight excluding hydrogens is 370 g/mol. The average Bonchev–Trinajstić information content (AvgIpc) is 2.99. The van der Waals surface area contributed by atoms with E-state index in [1.807, 2.05) is 17.0 Å². The van der Waals surface area contributed by atoms with Crippen LogP contribution in [0.3, 0.4) is 0 Å². The number of nitrogens with zero attached hydrogens (tertiary/aromatic N) is 2. The number of ether oxygens (including phenoxy) is 1. The number of benzene rings is 1. The van der Waals surface area contributed by atoms with Gasteiger partial charge in [-0.05, 0) is 31.4 Å². The van der Waals surface area contributed by atoms with Gasteiger partial charge in [0.1, 0.15) is 11.3 Å². The molecule has 1 saturated heterocycles. The van der Waals surface area contributed by atoms with Gasteiger partial charge in [-0.2, -0.15) is 0 Å². The fraction of sp³-hybridized carbons (Fsp3) is 0.591. The third kappa shape index (κ3) is 4.71. The van der Waals surface area contributed by atoms with Crippen LogP contribution < -0.4 is 10.1 Å². The van der Waals surface area contributed by atoms with Gasteiger partial charge in [0.25, 0.3) is 5.91 Å². The van der Waals surface area contributed by atoms with Crippen molar-refractivity contribution >= 4 is 17.7 Å². The minimum absolute atomic E-state index is 0.000935. The maximum Gasteiger partial charge on any atom is 0.257 e. The topological polar surface area (TPSA) is 79.0 Å². The predicted molar refractivity (Wildman–Crippen MR) is 110 cm³/mol. The highest BCUT2D eigenvalue weighted by molar-refractivity contribution is 5.97. The molecular formula is C22H31N3O4. The number of rotatable bonds is 4. The van der Waals surface area contributed by atoms with Crippen LogP contribution in [0.5, 0.6) is 5.75 Å². The van der Waals surface area contributed by atoms with Crippen molar-refractivity contribution in [2.45, 2.75) is 51.0 Å². The lowest BCUT2D eigenvalue weighted by Crippen LogP contribution is -2.60. The minimum Gasteiger partial charge on any atom is -0.496 e. The number of hydrogen-bond donors (Lipinski definition) is 1. The zero-order chi connectivity index (χ0) is 20.9. The van der Waals surface area contributed by atoms with Crippen molar-refractivity contribution in [2.24, 2.45) is 0 Å². The molecule has 2 aliphatic rings. The van der Waals surface area contributed by atoms with Crippen LogP contribution in [0.15, 0.2) is 24.3 Å². The quantitative estimate of drug-likeness (QED) is 0.839. The Morgan fingerprint density at radius 3 is 2.28 bits per heavy atom. The Morgan fingerprint density at radius 1 is 0.931 bits per heavy atom. The summed E-state index contributed by atoms with van der Waals surface area (Å²) in [4.78, 5) is 41.8. The van der Waals surface area contributed by atoms with E-state index in [1.54, 1.807) is 24.1 Å². The Balaban J connectivity index is 1.71. The first-order chi connectivity index (χ1) is 14.0. The molecule has 7 nitrogen and oxygen atoms in total. The molecule has 1 aliphatic heterocycles. The molecule has 0 radical (unpaired) electrons. The Bertz CT molecular complexity index is 758. The molecule has 1 aromatic rings. The van der Waals surface area contributed by atoms with E-state index < -0.39 is 5.54 Å². The maximum absolute atomic E-state index is 13.4. The smallest absolute Gasteiger partial charge is 0.257 e. The summed E-state index contributed by atoms with van der Waals surface area (Å²) in [5.74, 6) is 0.314. The molecule has 0 aromatic heterocycles. The number of hydrogen-bond acceptors (Lipinski definition) is 4. The molecule has 3 rings (SSSR count). The van der Waals surface area contributed by atoms with Gasteiger partial charge in [-0.25, -0.2) is 0 Å². The summed E-state index contributed by atoms with van der Waals surface area (Å²) in [5, 5.41) is 2.96. The maximum atomic E-state index is 13.4. The largest absolute Gasteiger partial charge is 0.496 e. The van der Waals surface area contributed by atoms with E-state index >= 15 is 0 Å². The monoisotopic (exact) mass is 401 g/mol. The van der Waals surface area contributed by atoms with Crippen LogP contribution in [-0.4, -0.2) is 66.3 Å². The second kappa shape index (κ2) is 9.29. The molecule has 7 heteroatoms. The first-order valence-corrected chi connectivity index (χ1v) is 10.5. The molecule has 1 aromatic carbocycles. The molecule has 3 amide bonds. The van der Waals surface area contributed by atoms with Crippen molar-refractivity contribution in [3.05, 3.63) is 29.8 Å². The summed E-state index contributed by atoms with van der Waals surface area (Å²) in [6.45, 7) is 3.60. The van der Waals surface area contributed by atoms with E-state index in [0.717, 1.165) is 19.3 Å². The molecule has 1 saturated carbocycles. The molecule has 1 N–H and O–H groups in total. The van der Waals surface area contributed by atoms with Gasteiger partial charge in [-0.3, -0.25) is 14.4 Å². The van der Waals surface area contributed by atoms with Gasteiger partial charge in [-0.15, -0.1) is 0 Å². The predicted octanol–water partition coefficient (Wildman–Crippen LogP) is 2.21. The van der Waals surface area contributed by atoms with Crippen LogP contribution in [0.4, 0.5) is 0 Å². The number of carbonyl (C=O) groups excluding carboxylic acids is 3. The van der Waals surface area contributed by atoms with E-state index in [4.69, 9.17) is 4.74 Å². The first-order valence-electron chi connectivity index (χ1n) is 10.5. The highest BCUT2D eigenvalue weighted by Gasteiger charge is 2.43. The normalized spacial score (nSPS) is 19.2. The summed E-state index contributed by atoms with van der Waals surface area (Å²) in [5.41, 5.74) is -0.247. The van der Waals surface area contributed by atoms with Crippen LogP contribution in [0.1, 0.15) is 55.8 Å².